The molecule has 0 aliphatic heterocycles. The molecule has 0 bridgehead atoms. The van der Waals surface area contributed by atoms with Gasteiger partial charge < -0.3 is 5.73 Å². The molecule has 1 aliphatic rings. The van der Waals surface area contributed by atoms with Gasteiger partial charge in [-0.15, -0.1) is 0 Å². The van der Waals surface area contributed by atoms with E-state index in [-0.39, 0.29) is 0 Å². The summed E-state index contributed by atoms with van der Waals surface area (Å²) in [6, 6.07) is 0.341. The molecule has 1 heteroatoms. The van der Waals surface area contributed by atoms with E-state index in [1.807, 2.05) is 0 Å². The molecular weight excluding hydrogens is 206 g/mol. The summed E-state index contributed by atoms with van der Waals surface area (Å²) in [5, 5.41) is 0. The van der Waals surface area contributed by atoms with Gasteiger partial charge in [-0.05, 0) is 44.4 Å². The average molecular weight is 237 g/mol. The molecule has 1 aliphatic carbocycles. The van der Waals surface area contributed by atoms with Crippen molar-refractivity contribution < 1.29 is 0 Å². The van der Waals surface area contributed by atoms with Crippen molar-refractivity contribution in [3.8, 4) is 0 Å². The van der Waals surface area contributed by atoms with E-state index >= 15 is 0 Å². The summed E-state index contributed by atoms with van der Waals surface area (Å²) in [5.74, 6) is 0.718. The monoisotopic (exact) mass is 237 g/mol. The van der Waals surface area contributed by atoms with Gasteiger partial charge in [0.15, 0.2) is 0 Å². The lowest BCUT2D eigenvalue weighted by Crippen LogP contribution is -2.32. The van der Waals surface area contributed by atoms with Gasteiger partial charge in [-0.2, -0.15) is 0 Å². The Labute approximate surface area is 108 Å². The maximum Gasteiger partial charge on any atom is 0.0282 e. The quantitative estimate of drug-likeness (QED) is 0.659. The van der Waals surface area contributed by atoms with Crippen LogP contribution >= 0.6 is 0 Å². The second kappa shape index (κ2) is 8.74. The van der Waals surface area contributed by atoms with Gasteiger partial charge in [0.2, 0.25) is 0 Å². The van der Waals surface area contributed by atoms with E-state index in [1.165, 1.54) is 64.2 Å². The Morgan fingerprint density at radius 1 is 1.06 bits per heavy atom. The van der Waals surface area contributed by atoms with E-state index in [2.05, 4.69) is 19.9 Å². The van der Waals surface area contributed by atoms with E-state index in [4.69, 9.17) is 5.73 Å². The maximum atomic E-state index is 6.52. The van der Waals surface area contributed by atoms with Gasteiger partial charge in [-0.25, -0.2) is 0 Å². The lowest BCUT2D eigenvalue weighted by molar-refractivity contribution is 0.382. The third kappa shape index (κ3) is 5.25. The number of rotatable bonds is 6. The van der Waals surface area contributed by atoms with Crippen molar-refractivity contribution in [3.05, 3.63) is 11.6 Å². The minimum atomic E-state index is 0.341. The van der Waals surface area contributed by atoms with Gasteiger partial charge in [0, 0.05) is 6.04 Å². The molecule has 1 atom stereocenters. The lowest BCUT2D eigenvalue weighted by atomic mass is 9.83. The Bertz CT molecular complexity index is 214. The highest BCUT2D eigenvalue weighted by Gasteiger charge is 2.20. The van der Waals surface area contributed by atoms with Crippen molar-refractivity contribution in [2.45, 2.75) is 84.1 Å². The average Bonchev–Trinajstić information content (AvgIpc) is 2.27. The van der Waals surface area contributed by atoms with Crippen LogP contribution in [0.25, 0.3) is 0 Å². The van der Waals surface area contributed by atoms with Crippen LogP contribution in [0, 0.1) is 5.92 Å². The molecule has 0 aromatic rings. The fourth-order valence-corrected chi connectivity index (χ4v) is 3.07. The van der Waals surface area contributed by atoms with Crippen molar-refractivity contribution in [1.29, 1.82) is 0 Å². The van der Waals surface area contributed by atoms with Crippen LogP contribution in [0.1, 0.15) is 78.1 Å². The van der Waals surface area contributed by atoms with Crippen LogP contribution in [0.4, 0.5) is 0 Å². The van der Waals surface area contributed by atoms with Crippen molar-refractivity contribution in [2.24, 2.45) is 11.7 Å². The SMILES string of the molecule is CCCC(CCC)C(N)C1=CCCCCCC1. The van der Waals surface area contributed by atoms with Crippen molar-refractivity contribution >= 4 is 0 Å². The van der Waals surface area contributed by atoms with Gasteiger partial charge in [0.25, 0.3) is 0 Å². The van der Waals surface area contributed by atoms with Crippen LogP contribution in [0.5, 0.6) is 0 Å². The van der Waals surface area contributed by atoms with Crippen molar-refractivity contribution in [2.75, 3.05) is 0 Å². The highest BCUT2D eigenvalue weighted by atomic mass is 14.7. The van der Waals surface area contributed by atoms with Gasteiger partial charge in [0.05, 0.1) is 0 Å². The first-order chi connectivity index (χ1) is 8.29. The molecule has 0 spiro atoms. The predicted molar refractivity (Wildman–Crippen MR) is 77.1 cm³/mol. The predicted octanol–water partition coefficient (Wildman–Crippen LogP) is 4.81. The third-order valence-electron chi connectivity index (χ3n) is 4.08. The van der Waals surface area contributed by atoms with E-state index < -0.39 is 0 Å². The van der Waals surface area contributed by atoms with Crippen molar-refractivity contribution in [3.63, 3.8) is 0 Å². The molecule has 0 heterocycles. The van der Waals surface area contributed by atoms with Crippen LogP contribution in [-0.2, 0) is 0 Å². The summed E-state index contributed by atoms with van der Waals surface area (Å²) < 4.78 is 0. The Hall–Kier alpha value is -0.300. The normalized spacial score (nSPS) is 19.6. The lowest BCUT2D eigenvalue weighted by Gasteiger charge is -2.27. The summed E-state index contributed by atoms with van der Waals surface area (Å²) in [6.07, 6.45) is 15.6. The second-order valence-electron chi connectivity index (χ2n) is 5.60. The fraction of sp³-hybridized carbons (Fsp3) is 0.875. The van der Waals surface area contributed by atoms with Crippen LogP contribution < -0.4 is 5.73 Å². The maximum absolute atomic E-state index is 6.52. The third-order valence-corrected chi connectivity index (χ3v) is 4.08. The first-order valence-electron chi connectivity index (χ1n) is 7.74. The van der Waals surface area contributed by atoms with Gasteiger partial charge in [-0.1, -0.05) is 51.2 Å². The topological polar surface area (TPSA) is 26.0 Å². The van der Waals surface area contributed by atoms with Crippen molar-refractivity contribution in [1.82, 2.24) is 0 Å². The molecule has 0 saturated heterocycles. The number of allylic oxidation sites excluding steroid dienone is 1. The molecule has 0 fully saturated rings. The molecule has 0 aromatic heterocycles. The van der Waals surface area contributed by atoms with Gasteiger partial charge >= 0.3 is 0 Å². The Balaban J connectivity index is 2.58. The molecule has 2 N–H and O–H groups in total. The number of hydrogen-bond donors (Lipinski definition) is 1. The molecule has 17 heavy (non-hydrogen) atoms. The minimum absolute atomic E-state index is 0.341. The molecule has 0 saturated carbocycles. The van der Waals surface area contributed by atoms with E-state index in [9.17, 15) is 0 Å². The standard InChI is InChI=1S/C16H31N/c1-3-10-14(11-4-2)16(17)15-12-8-6-5-7-9-13-15/h12,14,16H,3-11,13,17H2,1-2H3. The zero-order valence-electron chi connectivity index (χ0n) is 11.9. The molecule has 1 nitrogen and oxygen atoms in total. The van der Waals surface area contributed by atoms with Crippen LogP contribution in [0.2, 0.25) is 0 Å². The van der Waals surface area contributed by atoms with E-state index in [0.29, 0.717) is 6.04 Å². The molecule has 100 valence electrons. The molecule has 0 amide bonds. The number of hydrogen-bond acceptors (Lipinski definition) is 1. The van der Waals surface area contributed by atoms with Gasteiger partial charge in [-0.3, -0.25) is 0 Å². The molecule has 1 unspecified atom stereocenters. The van der Waals surface area contributed by atoms with E-state index in [1.54, 1.807) is 5.57 Å². The molecule has 1 rings (SSSR count). The number of nitrogens with two attached hydrogens (primary N) is 1. The Morgan fingerprint density at radius 2 is 1.71 bits per heavy atom. The van der Waals surface area contributed by atoms with Crippen LogP contribution in [-0.4, -0.2) is 6.04 Å². The molecular formula is C16H31N. The first kappa shape index (κ1) is 14.8. The Morgan fingerprint density at radius 3 is 2.35 bits per heavy atom. The van der Waals surface area contributed by atoms with Crippen LogP contribution in [0.3, 0.4) is 0 Å². The zero-order chi connectivity index (χ0) is 12.5. The highest BCUT2D eigenvalue weighted by molar-refractivity contribution is 5.12. The summed E-state index contributed by atoms with van der Waals surface area (Å²) in [7, 11) is 0. The smallest absolute Gasteiger partial charge is 0.0282 e. The molecule has 0 aromatic carbocycles. The first-order valence-corrected chi connectivity index (χ1v) is 7.74. The minimum Gasteiger partial charge on any atom is -0.324 e. The summed E-state index contributed by atoms with van der Waals surface area (Å²) in [4.78, 5) is 0. The van der Waals surface area contributed by atoms with Crippen LogP contribution in [0.15, 0.2) is 11.6 Å². The molecule has 0 radical (unpaired) electrons. The Kier molecular flexibility index (Phi) is 7.59. The summed E-state index contributed by atoms with van der Waals surface area (Å²) >= 11 is 0. The fourth-order valence-electron chi connectivity index (χ4n) is 3.07. The zero-order valence-corrected chi connectivity index (χ0v) is 11.9. The summed E-state index contributed by atoms with van der Waals surface area (Å²) in [6.45, 7) is 4.56. The van der Waals surface area contributed by atoms with Gasteiger partial charge in [0.1, 0.15) is 0 Å². The summed E-state index contributed by atoms with van der Waals surface area (Å²) in [5.41, 5.74) is 8.08. The van der Waals surface area contributed by atoms with E-state index in [0.717, 1.165) is 5.92 Å². The second-order valence-corrected chi connectivity index (χ2v) is 5.60. The highest BCUT2D eigenvalue weighted by Crippen LogP contribution is 2.26. The largest absolute Gasteiger partial charge is 0.324 e.